The molecule has 0 aromatic heterocycles. The molecule has 3 rings (SSSR count). The topological polar surface area (TPSA) is 24.9 Å². The van der Waals surface area contributed by atoms with Gasteiger partial charge in [0.05, 0.1) is 25.9 Å². The summed E-state index contributed by atoms with van der Waals surface area (Å²) in [5.74, 6) is 0. The molecule has 0 N–H and O–H groups in total. The molecule has 19 heavy (non-hydrogen) atoms. The van der Waals surface area contributed by atoms with Crippen molar-refractivity contribution in [3.63, 3.8) is 0 Å². The van der Waals surface area contributed by atoms with Crippen LogP contribution in [0.25, 0.3) is 0 Å². The zero-order valence-corrected chi connectivity index (χ0v) is 12.2. The Kier molecular flexibility index (Phi) is 4.74. The second-order valence-corrected chi connectivity index (χ2v) is 6.23. The zero-order chi connectivity index (χ0) is 13.1. The maximum atomic E-state index is 5.83. The van der Waals surface area contributed by atoms with Crippen molar-refractivity contribution in [1.29, 1.82) is 0 Å². The summed E-state index contributed by atoms with van der Waals surface area (Å²) < 4.78 is 11.4. The molecule has 3 heterocycles. The highest BCUT2D eigenvalue weighted by Gasteiger charge is 2.35. The van der Waals surface area contributed by atoms with Crippen LogP contribution in [0.1, 0.15) is 32.6 Å². The fraction of sp³-hybridized carbons (Fsp3) is 1.00. The zero-order valence-electron chi connectivity index (χ0n) is 12.2. The van der Waals surface area contributed by atoms with Crippen molar-refractivity contribution in [3.8, 4) is 0 Å². The van der Waals surface area contributed by atoms with E-state index in [4.69, 9.17) is 9.47 Å². The predicted octanol–water partition coefficient (Wildman–Crippen LogP) is 1.35. The van der Waals surface area contributed by atoms with Crippen molar-refractivity contribution < 1.29 is 9.47 Å². The summed E-state index contributed by atoms with van der Waals surface area (Å²) in [5.41, 5.74) is 0. The normalized spacial score (nSPS) is 38.1. The van der Waals surface area contributed by atoms with Crippen LogP contribution in [0.2, 0.25) is 0 Å². The highest BCUT2D eigenvalue weighted by atomic mass is 16.6. The Morgan fingerprint density at radius 1 is 1.16 bits per heavy atom. The minimum absolute atomic E-state index is 0.290. The van der Waals surface area contributed by atoms with Gasteiger partial charge < -0.3 is 9.47 Å². The third kappa shape index (κ3) is 3.30. The molecule has 3 aliphatic heterocycles. The van der Waals surface area contributed by atoms with Crippen LogP contribution in [0.5, 0.6) is 0 Å². The number of fused-ring (bicyclic) bond motifs is 1. The average molecular weight is 268 g/mol. The van der Waals surface area contributed by atoms with Gasteiger partial charge in [-0.15, -0.1) is 0 Å². The molecule has 4 heteroatoms. The van der Waals surface area contributed by atoms with Gasteiger partial charge in [0, 0.05) is 31.7 Å². The van der Waals surface area contributed by atoms with Gasteiger partial charge in [0.25, 0.3) is 0 Å². The largest absolute Gasteiger partial charge is 0.376 e. The molecule has 0 radical (unpaired) electrons. The van der Waals surface area contributed by atoms with Crippen LogP contribution in [0.4, 0.5) is 0 Å². The summed E-state index contributed by atoms with van der Waals surface area (Å²) in [4.78, 5) is 5.40. The fourth-order valence-electron chi connectivity index (χ4n) is 3.83. The van der Waals surface area contributed by atoms with Gasteiger partial charge in [0.15, 0.2) is 0 Å². The molecule has 3 saturated heterocycles. The minimum Gasteiger partial charge on any atom is -0.376 e. The summed E-state index contributed by atoms with van der Waals surface area (Å²) in [6.07, 6.45) is 5.73. The molecule has 0 bridgehead atoms. The highest BCUT2D eigenvalue weighted by Crippen LogP contribution is 2.25. The maximum Gasteiger partial charge on any atom is 0.0936 e. The predicted molar refractivity (Wildman–Crippen MR) is 75.4 cm³/mol. The van der Waals surface area contributed by atoms with Crippen LogP contribution in [0.3, 0.4) is 0 Å². The van der Waals surface area contributed by atoms with Gasteiger partial charge in [-0.1, -0.05) is 13.3 Å². The lowest BCUT2D eigenvalue weighted by atomic mass is 9.95. The third-order valence-corrected chi connectivity index (χ3v) is 4.95. The number of piperazine rings is 1. The van der Waals surface area contributed by atoms with Gasteiger partial charge in [-0.2, -0.15) is 0 Å². The summed E-state index contributed by atoms with van der Waals surface area (Å²) in [6.45, 7) is 9.50. The van der Waals surface area contributed by atoms with E-state index in [1.54, 1.807) is 0 Å². The highest BCUT2D eigenvalue weighted by molar-refractivity contribution is 4.91. The summed E-state index contributed by atoms with van der Waals surface area (Å²) in [6, 6.07) is 1.50. The third-order valence-electron chi connectivity index (χ3n) is 4.95. The molecule has 3 unspecified atom stereocenters. The van der Waals surface area contributed by atoms with Crippen molar-refractivity contribution in [2.45, 2.75) is 50.8 Å². The van der Waals surface area contributed by atoms with Gasteiger partial charge in [-0.05, 0) is 25.8 Å². The number of nitrogens with zero attached hydrogens (tertiary/aromatic N) is 2. The van der Waals surface area contributed by atoms with E-state index in [1.165, 1.54) is 45.3 Å². The van der Waals surface area contributed by atoms with Gasteiger partial charge >= 0.3 is 0 Å². The van der Waals surface area contributed by atoms with Crippen molar-refractivity contribution in [2.24, 2.45) is 0 Å². The van der Waals surface area contributed by atoms with Crippen LogP contribution in [-0.4, -0.2) is 74.0 Å². The lowest BCUT2D eigenvalue weighted by Crippen LogP contribution is -2.61. The lowest BCUT2D eigenvalue weighted by Gasteiger charge is -2.49. The van der Waals surface area contributed by atoms with Crippen LogP contribution in [0.15, 0.2) is 0 Å². The van der Waals surface area contributed by atoms with Crippen LogP contribution >= 0.6 is 0 Å². The summed E-state index contributed by atoms with van der Waals surface area (Å²) in [7, 11) is 0. The molecule has 0 saturated carbocycles. The lowest BCUT2D eigenvalue weighted by molar-refractivity contribution is -0.110. The molecular formula is C15H28N2O2. The fourth-order valence-corrected chi connectivity index (χ4v) is 3.83. The first-order chi connectivity index (χ1) is 9.36. The smallest absolute Gasteiger partial charge is 0.0936 e. The van der Waals surface area contributed by atoms with E-state index >= 15 is 0 Å². The van der Waals surface area contributed by atoms with Crippen LogP contribution in [0, 0.1) is 0 Å². The van der Waals surface area contributed by atoms with E-state index in [9.17, 15) is 0 Å². The van der Waals surface area contributed by atoms with E-state index in [-0.39, 0.29) is 6.10 Å². The van der Waals surface area contributed by atoms with Crippen LogP contribution < -0.4 is 0 Å². The van der Waals surface area contributed by atoms with Crippen molar-refractivity contribution in [3.05, 3.63) is 0 Å². The number of hydrogen-bond acceptors (Lipinski definition) is 4. The van der Waals surface area contributed by atoms with Crippen molar-refractivity contribution in [1.82, 2.24) is 9.80 Å². The molecule has 3 fully saturated rings. The Labute approximate surface area is 117 Å². The SMILES string of the molecule is CCC1CN2CCCCC2CN1CC1COCCO1. The summed E-state index contributed by atoms with van der Waals surface area (Å²) in [5, 5.41) is 0. The van der Waals surface area contributed by atoms with E-state index < -0.39 is 0 Å². The number of rotatable bonds is 3. The van der Waals surface area contributed by atoms with E-state index in [1.807, 2.05) is 0 Å². The molecule has 0 aromatic rings. The molecule has 3 aliphatic rings. The molecule has 3 atom stereocenters. The minimum atomic E-state index is 0.290. The first kappa shape index (κ1) is 13.8. The molecule has 4 nitrogen and oxygen atoms in total. The molecule has 0 amide bonds. The van der Waals surface area contributed by atoms with Gasteiger partial charge in [-0.25, -0.2) is 0 Å². The van der Waals surface area contributed by atoms with Crippen molar-refractivity contribution >= 4 is 0 Å². The first-order valence-electron chi connectivity index (χ1n) is 8.04. The van der Waals surface area contributed by atoms with Gasteiger partial charge in [-0.3, -0.25) is 9.80 Å². The van der Waals surface area contributed by atoms with E-state index in [0.29, 0.717) is 6.04 Å². The Balaban J connectivity index is 1.58. The van der Waals surface area contributed by atoms with E-state index in [2.05, 4.69) is 16.7 Å². The van der Waals surface area contributed by atoms with Gasteiger partial charge in [0.2, 0.25) is 0 Å². The molecule has 0 spiro atoms. The van der Waals surface area contributed by atoms with Gasteiger partial charge in [0.1, 0.15) is 0 Å². The summed E-state index contributed by atoms with van der Waals surface area (Å²) >= 11 is 0. The molecule has 110 valence electrons. The molecular weight excluding hydrogens is 240 g/mol. The Hall–Kier alpha value is -0.160. The van der Waals surface area contributed by atoms with Crippen molar-refractivity contribution in [2.75, 3.05) is 46.0 Å². The first-order valence-corrected chi connectivity index (χ1v) is 8.04. The number of hydrogen-bond donors (Lipinski definition) is 0. The number of ether oxygens (including phenoxy) is 2. The standard InChI is InChI=1S/C15H28N2O2/c1-2-13-9-16-6-4-3-5-14(16)10-17(13)11-15-12-18-7-8-19-15/h13-15H,2-12H2,1H3. The van der Waals surface area contributed by atoms with E-state index in [0.717, 1.165) is 32.4 Å². The maximum absolute atomic E-state index is 5.83. The molecule has 0 aliphatic carbocycles. The monoisotopic (exact) mass is 268 g/mol. The Bertz CT molecular complexity index is 279. The molecule has 0 aromatic carbocycles. The quantitative estimate of drug-likeness (QED) is 0.771. The second-order valence-electron chi connectivity index (χ2n) is 6.23. The van der Waals surface area contributed by atoms with Crippen LogP contribution in [-0.2, 0) is 9.47 Å². The number of piperidine rings is 1. The second kappa shape index (κ2) is 6.53. The Morgan fingerprint density at radius 2 is 2.11 bits per heavy atom. The Morgan fingerprint density at radius 3 is 2.89 bits per heavy atom. The average Bonchev–Trinajstić information content (AvgIpc) is 2.47.